The number of nitrogens with zero attached hydrogens (tertiary/aromatic N) is 3. The van der Waals surface area contributed by atoms with E-state index in [9.17, 15) is 9.90 Å². The van der Waals surface area contributed by atoms with Crippen LogP contribution >= 0.6 is 0 Å². The highest BCUT2D eigenvalue weighted by Gasteiger charge is 2.11. The van der Waals surface area contributed by atoms with Crippen molar-refractivity contribution in [2.24, 2.45) is 0 Å². The van der Waals surface area contributed by atoms with E-state index in [0.29, 0.717) is 12.3 Å². The van der Waals surface area contributed by atoms with E-state index < -0.39 is 6.10 Å². The number of rotatable bonds is 6. The van der Waals surface area contributed by atoms with Crippen molar-refractivity contribution < 1.29 is 14.6 Å². The van der Waals surface area contributed by atoms with Gasteiger partial charge in [0.25, 0.3) is 0 Å². The standard InChI is InChI=1S/C21H25N3O3/c1-14-9-20-21(10-15(14)2)24(13-22-20)11-18(26)12-27-19-7-5-17(6-8-19)23(4)16(3)25/h5-10,13,18,26H,11-12H2,1-4H3. The lowest BCUT2D eigenvalue weighted by molar-refractivity contribution is -0.116. The Morgan fingerprint density at radius 1 is 1.22 bits per heavy atom. The molecule has 142 valence electrons. The SMILES string of the molecule is CC(=O)N(C)c1ccc(OCC(O)Cn2cnc3cc(C)c(C)cc32)cc1. The third-order valence-electron chi connectivity index (χ3n) is 4.78. The van der Waals surface area contributed by atoms with Gasteiger partial charge in [-0.05, 0) is 61.4 Å². The first-order chi connectivity index (χ1) is 12.8. The molecule has 0 bridgehead atoms. The number of aliphatic hydroxyl groups is 1. The molecule has 0 aliphatic rings. The minimum Gasteiger partial charge on any atom is -0.491 e. The highest BCUT2D eigenvalue weighted by molar-refractivity contribution is 5.90. The molecule has 0 saturated heterocycles. The fourth-order valence-corrected chi connectivity index (χ4v) is 2.88. The number of ether oxygens (including phenoxy) is 1. The van der Waals surface area contributed by atoms with Crippen LogP contribution < -0.4 is 9.64 Å². The second kappa shape index (κ2) is 7.80. The molecule has 0 spiro atoms. The molecule has 1 aromatic heterocycles. The minimum atomic E-state index is -0.663. The van der Waals surface area contributed by atoms with Crippen LogP contribution in [0.2, 0.25) is 0 Å². The maximum atomic E-state index is 11.4. The van der Waals surface area contributed by atoms with Crippen LogP contribution in [-0.2, 0) is 11.3 Å². The zero-order chi connectivity index (χ0) is 19.6. The average Bonchev–Trinajstić information content (AvgIpc) is 3.01. The van der Waals surface area contributed by atoms with Gasteiger partial charge in [0.05, 0.1) is 23.9 Å². The van der Waals surface area contributed by atoms with Gasteiger partial charge in [0, 0.05) is 19.7 Å². The molecule has 1 N–H and O–H groups in total. The van der Waals surface area contributed by atoms with Crippen LogP contribution in [0.3, 0.4) is 0 Å². The van der Waals surface area contributed by atoms with Crippen molar-refractivity contribution in [1.29, 1.82) is 0 Å². The number of amides is 1. The Labute approximate surface area is 159 Å². The van der Waals surface area contributed by atoms with E-state index in [1.807, 2.05) is 16.7 Å². The zero-order valence-electron chi connectivity index (χ0n) is 16.1. The van der Waals surface area contributed by atoms with Gasteiger partial charge in [-0.15, -0.1) is 0 Å². The number of imidazole rings is 1. The maximum Gasteiger partial charge on any atom is 0.223 e. The Morgan fingerprint density at radius 3 is 2.56 bits per heavy atom. The Morgan fingerprint density at radius 2 is 1.89 bits per heavy atom. The van der Waals surface area contributed by atoms with Crippen LogP contribution in [0, 0.1) is 13.8 Å². The van der Waals surface area contributed by atoms with Gasteiger partial charge in [0.2, 0.25) is 5.91 Å². The van der Waals surface area contributed by atoms with Crippen molar-refractivity contribution in [2.45, 2.75) is 33.4 Å². The molecule has 3 rings (SSSR count). The highest BCUT2D eigenvalue weighted by Crippen LogP contribution is 2.20. The summed E-state index contributed by atoms with van der Waals surface area (Å²) in [5.74, 6) is 0.619. The monoisotopic (exact) mass is 367 g/mol. The summed E-state index contributed by atoms with van der Waals surface area (Å²) < 4.78 is 7.62. The van der Waals surface area contributed by atoms with Crippen molar-refractivity contribution in [3.8, 4) is 5.75 Å². The van der Waals surface area contributed by atoms with E-state index >= 15 is 0 Å². The van der Waals surface area contributed by atoms with Crippen LogP contribution in [-0.4, -0.2) is 40.3 Å². The summed E-state index contributed by atoms with van der Waals surface area (Å²) in [6, 6.07) is 11.4. The minimum absolute atomic E-state index is 0.0305. The lowest BCUT2D eigenvalue weighted by Crippen LogP contribution is -2.23. The van der Waals surface area contributed by atoms with Crippen molar-refractivity contribution in [2.75, 3.05) is 18.6 Å². The lowest BCUT2D eigenvalue weighted by Gasteiger charge is -2.16. The molecule has 0 saturated carbocycles. The number of carbonyl (C=O) groups is 1. The topological polar surface area (TPSA) is 67.6 Å². The predicted octanol–water partition coefficient (Wildman–Crippen LogP) is 3.08. The second-order valence-electron chi connectivity index (χ2n) is 6.86. The first kappa shape index (κ1) is 18.9. The van der Waals surface area contributed by atoms with Gasteiger partial charge in [0.1, 0.15) is 18.5 Å². The summed E-state index contributed by atoms with van der Waals surface area (Å²) in [6.45, 7) is 6.23. The van der Waals surface area contributed by atoms with Gasteiger partial charge in [-0.2, -0.15) is 0 Å². The van der Waals surface area contributed by atoms with Gasteiger partial charge in [-0.25, -0.2) is 4.98 Å². The van der Waals surface area contributed by atoms with E-state index in [-0.39, 0.29) is 12.5 Å². The molecule has 1 heterocycles. The number of fused-ring (bicyclic) bond motifs is 1. The van der Waals surface area contributed by atoms with Crippen molar-refractivity contribution >= 4 is 22.6 Å². The van der Waals surface area contributed by atoms with E-state index in [4.69, 9.17) is 4.74 Å². The summed E-state index contributed by atoms with van der Waals surface area (Å²) in [6.07, 6.45) is 1.09. The largest absolute Gasteiger partial charge is 0.491 e. The summed E-state index contributed by atoms with van der Waals surface area (Å²) in [5, 5.41) is 10.4. The fourth-order valence-electron chi connectivity index (χ4n) is 2.88. The predicted molar refractivity (Wildman–Crippen MR) is 106 cm³/mol. The van der Waals surface area contributed by atoms with E-state index in [2.05, 4.69) is 31.0 Å². The molecule has 27 heavy (non-hydrogen) atoms. The molecule has 2 aromatic carbocycles. The van der Waals surface area contributed by atoms with Gasteiger partial charge < -0.3 is 19.3 Å². The van der Waals surface area contributed by atoms with Crippen molar-refractivity contribution in [1.82, 2.24) is 9.55 Å². The molecule has 6 nitrogen and oxygen atoms in total. The quantitative estimate of drug-likeness (QED) is 0.727. The van der Waals surface area contributed by atoms with Crippen LogP contribution in [0.15, 0.2) is 42.7 Å². The molecule has 6 heteroatoms. The molecular weight excluding hydrogens is 342 g/mol. The second-order valence-corrected chi connectivity index (χ2v) is 6.86. The third-order valence-corrected chi connectivity index (χ3v) is 4.78. The highest BCUT2D eigenvalue weighted by atomic mass is 16.5. The Kier molecular flexibility index (Phi) is 5.46. The third kappa shape index (κ3) is 4.28. The number of anilines is 1. The lowest BCUT2D eigenvalue weighted by atomic mass is 10.1. The van der Waals surface area contributed by atoms with E-state index in [1.54, 1.807) is 30.4 Å². The smallest absolute Gasteiger partial charge is 0.223 e. The van der Waals surface area contributed by atoms with E-state index in [0.717, 1.165) is 16.7 Å². The average molecular weight is 367 g/mol. The number of aliphatic hydroxyl groups excluding tert-OH is 1. The number of aromatic nitrogens is 2. The molecule has 1 unspecified atom stereocenters. The first-order valence-electron chi connectivity index (χ1n) is 8.92. The van der Waals surface area contributed by atoms with Gasteiger partial charge in [-0.3, -0.25) is 4.79 Å². The van der Waals surface area contributed by atoms with Gasteiger partial charge in [0.15, 0.2) is 0 Å². The fraction of sp³-hybridized carbons (Fsp3) is 0.333. The molecule has 0 radical (unpaired) electrons. The Hall–Kier alpha value is -2.86. The summed E-state index contributed by atoms with van der Waals surface area (Å²) in [7, 11) is 1.72. The zero-order valence-corrected chi connectivity index (χ0v) is 16.1. The number of aryl methyl sites for hydroxylation is 2. The van der Waals surface area contributed by atoms with Gasteiger partial charge in [-0.1, -0.05) is 0 Å². The number of carbonyl (C=O) groups excluding carboxylic acids is 1. The summed E-state index contributed by atoms with van der Waals surface area (Å²) in [4.78, 5) is 17.4. The summed E-state index contributed by atoms with van der Waals surface area (Å²) in [5.41, 5.74) is 5.14. The molecular formula is C21H25N3O3. The first-order valence-corrected chi connectivity index (χ1v) is 8.92. The molecule has 1 atom stereocenters. The maximum absolute atomic E-state index is 11.4. The van der Waals surface area contributed by atoms with Crippen molar-refractivity contribution in [3.05, 3.63) is 53.9 Å². The summed E-state index contributed by atoms with van der Waals surface area (Å²) >= 11 is 0. The number of hydrogen-bond acceptors (Lipinski definition) is 4. The molecule has 0 aliphatic carbocycles. The Balaban J connectivity index is 1.61. The molecule has 3 aromatic rings. The van der Waals surface area contributed by atoms with Crippen LogP contribution in [0.1, 0.15) is 18.1 Å². The van der Waals surface area contributed by atoms with Crippen LogP contribution in [0.25, 0.3) is 11.0 Å². The van der Waals surface area contributed by atoms with Crippen molar-refractivity contribution in [3.63, 3.8) is 0 Å². The van der Waals surface area contributed by atoms with Gasteiger partial charge >= 0.3 is 0 Å². The Bertz CT molecular complexity index is 947. The molecule has 0 fully saturated rings. The normalized spacial score (nSPS) is 12.2. The van der Waals surface area contributed by atoms with Crippen LogP contribution in [0.4, 0.5) is 5.69 Å². The molecule has 0 aliphatic heterocycles. The number of benzene rings is 2. The number of hydrogen-bond donors (Lipinski definition) is 1. The van der Waals surface area contributed by atoms with Crippen LogP contribution in [0.5, 0.6) is 5.75 Å². The molecule has 1 amide bonds. The van der Waals surface area contributed by atoms with E-state index in [1.165, 1.54) is 18.1 Å².